The van der Waals surface area contributed by atoms with Gasteiger partial charge in [0.1, 0.15) is 5.03 Å². The fourth-order valence-corrected chi connectivity index (χ4v) is 5.94. The normalized spacial score (nSPS) is 15.3. The Morgan fingerprint density at radius 2 is 1.89 bits per heavy atom. The lowest BCUT2D eigenvalue weighted by molar-refractivity contribution is -0.127. The summed E-state index contributed by atoms with van der Waals surface area (Å²) in [5.41, 5.74) is 3.62. The number of carbonyl (C=O) groups excluding carboxylic acids is 2. The van der Waals surface area contributed by atoms with Gasteiger partial charge in [-0.2, -0.15) is 0 Å². The second kappa shape index (κ2) is 11.4. The minimum absolute atomic E-state index is 0.0293. The first-order valence-corrected chi connectivity index (χ1v) is 13.9. The van der Waals surface area contributed by atoms with Crippen LogP contribution in [0.4, 0.5) is 23.0 Å². The second-order valence-electron chi connectivity index (χ2n) is 9.16. The summed E-state index contributed by atoms with van der Waals surface area (Å²) in [6.45, 7) is 3.57. The third kappa shape index (κ3) is 5.54. The fraction of sp³-hybridized carbons (Fsp3) is 0.308. The van der Waals surface area contributed by atoms with Crippen molar-refractivity contribution in [3.63, 3.8) is 0 Å². The number of benzene rings is 2. The Morgan fingerprint density at radius 3 is 2.61 bits per heavy atom. The molecule has 1 fully saturated rings. The Kier molecular flexibility index (Phi) is 7.94. The number of halogens is 2. The molecule has 1 saturated heterocycles. The zero-order valence-electron chi connectivity index (χ0n) is 21.0. The molecule has 0 radical (unpaired) electrons. The average Bonchev–Trinajstić information content (AvgIpc) is 2.90. The summed E-state index contributed by atoms with van der Waals surface area (Å²) in [5.74, 6) is 0.460. The molecule has 198 valence electrons. The van der Waals surface area contributed by atoms with E-state index in [1.165, 1.54) is 22.9 Å². The summed E-state index contributed by atoms with van der Waals surface area (Å²) >= 11 is 14.1. The summed E-state index contributed by atoms with van der Waals surface area (Å²) in [4.78, 5) is 40.2. The Bertz CT molecular complexity index is 1360. The number of carbonyl (C=O) groups is 2. The van der Waals surface area contributed by atoms with Gasteiger partial charge < -0.3 is 20.4 Å². The van der Waals surface area contributed by atoms with E-state index in [0.717, 1.165) is 43.1 Å². The van der Waals surface area contributed by atoms with Crippen molar-refractivity contribution in [1.82, 2.24) is 20.2 Å². The Morgan fingerprint density at radius 1 is 1.16 bits per heavy atom. The van der Waals surface area contributed by atoms with Crippen LogP contribution in [0.15, 0.2) is 47.6 Å². The zero-order chi connectivity index (χ0) is 26.8. The van der Waals surface area contributed by atoms with Crippen molar-refractivity contribution in [2.45, 2.75) is 11.4 Å². The first kappa shape index (κ1) is 26.6. The first-order valence-electron chi connectivity index (χ1n) is 12.1. The molecule has 2 N–H and O–H groups in total. The van der Waals surface area contributed by atoms with Crippen molar-refractivity contribution >= 4 is 69.8 Å². The second-order valence-corrected chi connectivity index (χ2v) is 10.9. The number of nitrogens with one attached hydrogen (secondary N) is 2. The highest BCUT2D eigenvalue weighted by molar-refractivity contribution is 7.99. The van der Waals surface area contributed by atoms with Crippen molar-refractivity contribution in [2.24, 2.45) is 0 Å². The molecule has 2 amide bonds. The molecule has 5 rings (SSSR count). The maximum atomic E-state index is 13.2. The van der Waals surface area contributed by atoms with E-state index in [9.17, 15) is 9.59 Å². The summed E-state index contributed by atoms with van der Waals surface area (Å²) in [7, 11) is 3.52. The molecule has 0 aliphatic carbocycles. The number of likely N-dealkylation sites (N-methyl/N-ethyl adjacent to an activating group) is 1. The highest BCUT2D eigenvalue weighted by Gasteiger charge is 2.30. The molecule has 2 aromatic carbocycles. The fourth-order valence-electron chi connectivity index (χ4n) is 4.40. The molecule has 0 spiro atoms. The third-order valence-electron chi connectivity index (χ3n) is 6.40. The summed E-state index contributed by atoms with van der Waals surface area (Å²) in [5, 5.41) is 7.99. The summed E-state index contributed by atoms with van der Waals surface area (Å²) < 4.78 is 0. The molecule has 12 heteroatoms. The van der Waals surface area contributed by atoms with Crippen LogP contribution >= 0.6 is 35.0 Å². The van der Waals surface area contributed by atoms with Crippen LogP contribution in [0.25, 0.3) is 0 Å². The number of aromatic nitrogens is 2. The molecule has 2 aliphatic rings. The van der Waals surface area contributed by atoms with E-state index >= 15 is 0 Å². The van der Waals surface area contributed by atoms with Crippen LogP contribution in [0.3, 0.4) is 0 Å². The predicted molar refractivity (Wildman–Crippen MR) is 153 cm³/mol. The molecular weight excluding hydrogens is 545 g/mol. The maximum absolute atomic E-state index is 13.2. The van der Waals surface area contributed by atoms with Gasteiger partial charge in [-0.25, -0.2) is 9.97 Å². The highest BCUT2D eigenvalue weighted by Crippen LogP contribution is 2.39. The van der Waals surface area contributed by atoms with Crippen molar-refractivity contribution in [2.75, 3.05) is 61.3 Å². The van der Waals surface area contributed by atoms with Crippen molar-refractivity contribution in [3.8, 4) is 0 Å². The number of thioether (sulfide) groups is 1. The van der Waals surface area contributed by atoms with Gasteiger partial charge in [0.15, 0.2) is 0 Å². The van der Waals surface area contributed by atoms with Crippen LogP contribution in [0.5, 0.6) is 0 Å². The monoisotopic (exact) mass is 571 g/mol. The largest absolute Gasteiger partial charge is 0.369 e. The molecule has 3 heterocycles. The van der Waals surface area contributed by atoms with Gasteiger partial charge in [-0.15, -0.1) is 0 Å². The molecule has 38 heavy (non-hydrogen) atoms. The summed E-state index contributed by atoms with van der Waals surface area (Å²) in [6.07, 6.45) is 1.81. The number of amides is 2. The lowest BCUT2D eigenvalue weighted by Crippen LogP contribution is -2.44. The molecule has 0 unspecified atom stereocenters. The standard InChI is InChI=1S/C26H27Cl2N7O2S/c1-33(2)22(36)13-16-12-17(6-7-21(16)34-10-8-29-9-11-34)31-26-30-14-18-24(32-26)38-15-35(25(18)37)23-19(27)4-3-5-20(23)28/h3-7,12,14,29H,8-11,13,15H2,1-2H3,(H,30,31,32). The van der Waals surface area contributed by atoms with Gasteiger partial charge in [0.25, 0.3) is 5.91 Å². The Labute approximate surface area is 235 Å². The zero-order valence-corrected chi connectivity index (χ0v) is 23.3. The predicted octanol–water partition coefficient (Wildman–Crippen LogP) is 4.28. The maximum Gasteiger partial charge on any atom is 0.263 e. The smallest absolute Gasteiger partial charge is 0.263 e. The minimum atomic E-state index is -0.259. The van der Waals surface area contributed by atoms with E-state index in [4.69, 9.17) is 23.2 Å². The molecule has 2 aliphatic heterocycles. The van der Waals surface area contributed by atoms with Crippen molar-refractivity contribution in [3.05, 3.63) is 63.8 Å². The topological polar surface area (TPSA) is 93.7 Å². The number of hydrogen-bond donors (Lipinski definition) is 2. The van der Waals surface area contributed by atoms with Gasteiger partial charge in [0, 0.05) is 57.8 Å². The number of nitrogens with zero attached hydrogens (tertiary/aromatic N) is 5. The van der Waals surface area contributed by atoms with Crippen LogP contribution in [-0.2, 0) is 11.2 Å². The molecule has 0 atom stereocenters. The first-order chi connectivity index (χ1) is 18.3. The van der Waals surface area contributed by atoms with E-state index in [-0.39, 0.29) is 18.2 Å². The molecule has 0 bridgehead atoms. The minimum Gasteiger partial charge on any atom is -0.369 e. The average molecular weight is 573 g/mol. The van der Waals surface area contributed by atoms with E-state index in [1.54, 1.807) is 37.2 Å². The van der Waals surface area contributed by atoms with Gasteiger partial charge in [-0.3, -0.25) is 14.5 Å². The molecular formula is C26H27Cl2N7O2S. The molecule has 0 saturated carbocycles. The quantitative estimate of drug-likeness (QED) is 0.423. The van der Waals surface area contributed by atoms with E-state index in [2.05, 4.69) is 25.5 Å². The summed E-state index contributed by atoms with van der Waals surface area (Å²) in [6, 6.07) is 11.1. The van der Waals surface area contributed by atoms with Crippen LogP contribution in [-0.4, -0.2) is 72.8 Å². The SMILES string of the molecule is CN(C)C(=O)Cc1cc(Nc2ncc3c(n2)SCN(c2c(Cl)cccc2Cl)C3=O)ccc1N1CCNCC1. The van der Waals surface area contributed by atoms with Gasteiger partial charge in [-0.1, -0.05) is 41.0 Å². The van der Waals surface area contributed by atoms with Crippen LogP contribution in [0.1, 0.15) is 15.9 Å². The van der Waals surface area contributed by atoms with Gasteiger partial charge >= 0.3 is 0 Å². The van der Waals surface area contributed by atoms with Crippen molar-refractivity contribution < 1.29 is 9.59 Å². The number of hydrogen-bond acceptors (Lipinski definition) is 8. The van der Waals surface area contributed by atoms with Crippen LogP contribution < -0.4 is 20.4 Å². The van der Waals surface area contributed by atoms with Crippen LogP contribution in [0, 0.1) is 0 Å². The number of rotatable bonds is 6. The third-order valence-corrected chi connectivity index (χ3v) is 7.98. The van der Waals surface area contributed by atoms with E-state index in [0.29, 0.717) is 38.1 Å². The van der Waals surface area contributed by atoms with Crippen LogP contribution in [0.2, 0.25) is 10.0 Å². The highest BCUT2D eigenvalue weighted by atomic mass is 35.5. The van der Waals surface area contributed by atoms with E-state index < -0.39 is 0 Å². The number of anilines is 4. The number of fused-ring (bicyclic) bond motifs is 1. The number of para-hydroxylation sites is 1. The van der Waals surface area contributed by atoms with E-state index in [1.807, 2.05) is 18.2 Å². The lowest BCUT2D eigenvalue weighted by atomic mass is 10.1. The van der Waals surface area contributed by atoms with Gasteiger partial charge in [-0.05, 0) is 35.9 Å². The Hall–Kier alpha value is -3.05. The lowest BCUT2D eigenvalue weighted by Gasteiger charge is -2.31. The number of piperazine rings is 1. The molecule has 9 nitrogen and oxygen atoms in total. The molecule has 1 aromatic heterocycles. The molecule has 3 aromatic rings. The van der Waals surface area contributed by atoms with Gasteiger partial charge in [0.2, 0.25) is 11.9 Å². The van der Waals surface area contributed by atoms with Gasteiger partial charge in [0.05, 0.1) is 33.6 Å². The van der Waals surface area contributed by atoms with Crippen molar-refractivity contribution in [1.29, 1.82) is 0 Å². The Balaban J connectivity index is 1.39.